The van der Waals surface area contributed by atoms with Crippen molar-refractivity contribution in [2.24, 2.45) is 0 Å². The quantitative estimate of drug-likeness (QED) is 0.370. The van der Waals surface area contributed by atoms with Crippen LogP contribution in [0.25, 0.3) is 16.7 Å². The monoisotopic (exact) mass is 462 g/mol. The number of pyridine rings is 1. The van der Waals surface area contributed by atoms with Crippen molar-refractivity contribution in [3.63, 3.8) is 0 Å². The molecule has 1 aliphatic rings. The molecule has 1 aromatic carbocycles. The molecular weight excluding hydrogens is 444 g/mol. The largest absolute Gasteiger partial charge is 0.486 e. The van der Waals surface area contributed by atoms with Gasteiger partial charge in [-0.3, -0.25) is 4.79 Å². The maximum atomic E-state index is 13.2. The van der Waals surface area contributed by atoms with Gasteiger partial charge >= 0.3 is 0 Å². The fourth-order valence-corrected chi connectivity index (χ4v) is 4.57. The molecule has 12 heteroatoms. The Labute approximate surface area is 191 Å². The van der Waals surface area contributed by atoms with Gasteiger partial charge in [-0.25, -0.2) is 14.3 Å². The molecule has 0 bridgehead atoms. The van der Waals surface area contributed by atoms with E-state index in [9.17, 15) is 4.79 Å². The Morgan fingerprint density at radius 3 is 2.67 bits per heavy atom. The Bertz CT molecular complexity index is 1570. The van der Waals surface area contributed by atoms with Gasteiger partial charge in [0.05, 0.1) is 10.9 Å². The van der Waals surface area contributed by atoms with E-state index in [1.807, 2.05) is 24.3 Å². The normalized spacial score (nSPS) is 13.2. The molecule has 0 fully saturated rings. The lowest BCUT2D eigenvalue weighted by Crippen LogP contribution is -2.27. The Balaban J connectivity index is 1.33. The molecule has 0 aliphatic carbocycles. The Kier molecular flexibility index (Phi) is 4.54. The molecule has 0 saturated heterocycles. The van der Waals surface area contributed by atoms with Crippen LogP contribution in [0.3, 0.4) is 0 Å². The molecule has 33 heavy (non-hydrogen) atoms. The standard InChI is InChI=1S/C21H18N8O3S/c1-12-24-25-13(2)29(12)27-6-5-16-15(19(27)30)10-22-20-23-21(26-28(16)20)33-11-14-3-4-17-18(9-14)32-8-7-31-17/h3-6,9-10H,7-8,11H2,1-2H3. The molecule has 166 valence electrons. The summed E-state index contributed by atoms with van der Waals surface area (Å²) in [7, 11) is 0. The highest BCUT2D eigenvalue weighted by molar-refractivity contribution is 7.98. The van der Waals surface area contributed by atoms with Crippen LogP contribution in [-0.2, 0) is 5.75 Å². The van der Waals surface area contributed by atoms with E-state index in [1.54, 1.807) is 29.2 Å². The molecule has 4 aromatic heterocycles. The molecule has 0 radical (unpaired) electrons. The SMILES string of the molecule is Cc1nnc(C)n1-n1ccc2c(cnc3nc(SCc4ccc5c(c4)OCCO5)nn32)c1=O. The third-order valence-corrected chi connectivity index (χ3v) is 6.25. The average Bonchev–Trinajstić information content (AvgIpc) is 3.40. The summed E-state index contributed by atoms with van der Waals surface area (Å²) in [6.45, 7) is 4.70. The van der Waals surface area contributed by atoms with Gasteiger partial charge < -0.3 is 9.47 Å². The smallest absolute Gasteiger partial charge is 0.280 e. The van der Waals surface area contributed by atoms with Gasteiger partial charge in [0.2, 0.25) is 5.16 Å². The molecular formula is C21H18N8O3S. The van der Waals surface area contributed by atoms with Gasteiger partial charge in [0.1, 0.15) is 24.9 Å². The van der Waals surface area contributed by atoms with Crippen molar-refractivity contribution in [1.82, 2.24) is 39.1 Å². The molecule has 0 unspecified atom stereocenters. The maximum absolute atomic E-state index is 13.2. The van der Waals surface area contributed by atoms with E-state index in [1.165, 1.54) is 22.6 Å². The fraction of sp³-hybridized carbons (Fsp3) is 0.238. The Morgan fingerprint density at radius 2 is 1.85 bits per heavy atom. The van der Waals surface area contributed by atoms with E-state index in [-0.39, 0.29) is 5.56 Å². The number of thioether (sulfide) groups is 1. The lowest BCUT2D eigenvalue weighted by atomic mass is 10.2. The molecule has 11 nitrogen and oxygen atoms in total. The van der Waals surface area contributed by atoms with Crippen LogP contribution in [0.5, 0.6) is 11.5 Å². The lowest BCUT2D eigenvalue weighted by Gasteiger charge is -2.18. The second-order valence-electron chi connectivity index (χ2n) is 7.50. The molecule has 0 N–H and O–H groups in total. The van der Waals surface area contributed by atoms with Crippen LogP contribution in [0, 0.1) is 13.8 Å². The summed E-state index contributed by atoms with van der Waals surface area (Å²) in [6, 6.07) is 7.71. The molecule has 1 aliphatic heterocycles. The summed E-state index contributed by atoms with van der Waals surface area (Å²) in [5.74, 6) is 3.83. The average molecular weight is 462 g/mol. The summed E-state index contributed by atoms with van der Waals surface area (Å²) >= 11 is 1.48. The number of rotatable bonds is 4. The van der Waals surface area contributed by atoms with Gasteiger partial charge in [0.25, 0.3) is 11.3 Å². The highest BCUT2D eigenvalue weighted by atomic mass is 32.2. The zero-order valence-corrected chi connectivity index (χ0v) is 18.6. The predicted octanol–water partition coefficient (Wildman–Crippen LogP) is 2.02. The van der Waals surface area contributed by atoms with Gasteiger partial charge in [-0.15, -0.1) is 15.3 Å². The van der Waals surface area contributed by atoms with Crippen molar-refractivity contribution in [3.05, 3.63) is 64.2 Å². The first-order valence-corrected chi connectivity index (χ1v) is 11.2. The van der Waals surface area contributed by atoms with E-state index < -0.39 is 0 Å². The predicted molar refractivity (Wildman–Crippen MR) is 120 cm³/mol. The third kappa shape index (κ3) is 3.30. The van der Waals surface area contributed by atoms with Gasteiger partial charge in [0.15, 0.2) is 11.5 Å². The van der Waals surface area contributed by atoms with E-state index >= 15 is 0 Å². The third-order valence-electron chi connectivity index (χ3n) is 5.34. The number of aromatic nitrogens is 8. The molecule has 0 amide bonds. The number of hydrogen-bond acceptors (Lipinski definition) is 9. The molecule has 0 atom stereocenters. The highest BCUT2D eigenvalue weighted by Crippen LogP contribution is 2.32. The number of nitrogens with zero attached hydrogens (tertiary/aromatic N) is 8. The molecule has 0 saturated carbocycles. The van der Waals surface area contributed by atoms with Crippen LogP contribution >= 0.6 is 11.8 Å². The number of hydrogen-bond donors (Lipinski definition) is 0. The first kappa shape index (κ1) is 19.7. The van der Waals surface area contributed by atoms with Gasteiger partial charge in [-0.1, -0.05) is 17.8 Å². The fourth-order valence-electron chi connectivity index (χ4n) is 3.81. The van der Waals surface area contributed by atoms with Crippen LogP contribution < -0.4 is 15.0 Å². The van der Waals surface area contributed by atoms with Gasteiger partial charge in [-0.2, -0.15) is 9.50 Å². The summed E-state index contributed by atoms with van der Waals surface area (Å²) < 4.78 is 15.9. The summed E-state index contributed by atoms with van der Waals surface area (Å²) in [4.78, 5) is 22.0. The van der Waals surface area contributed by atoms with E-state index in [4.69, 9.17) is 9.47 Å². The maximum Gasteiger partial charge on any atom is 0.280 e. The van der Waals surface area contributed by atoms with Crippen LogP contribution in [0.1, 0.15) is 17.2 Å². The molecule has 5 aromatic rings. The first-order chi connectivity index (χ1) is 16.1. The van der Waals surface area contributed by atoms with Gasteiger partial charge in [-0.05, 0) is 37.6 Å². The van der Waals surface area contributed by atoms with Crippen molar-refractivity contribution in [2.45, 2.75) is 24.8 Å². The zero-order chi connectivity index (χ0) is 22.5. The van der Waals surface area contributed by atoms with Crippen molar-refractivity contribution >= 4 is 28.4 Å². The van der Waals surface area contributed by atoms with Crippen molar-refractivity contribution in [2.75, 3.05) is 13.2 Å². The Morgan fingerprint density at radius 1 is 1.06 bits per heavy atom. The van der Waals surface area contributed by atoms with Crippen molar-refractivity contribution < 1.29 is 9.47 Å². The number of aryl methyl sites for hydroxylation is 2. The van der Waals surface area contributed by atoms with E-state index in [2.05, 4.69) is 25.3 Å². The summed E-state index contributed by atoms with van der Waals surface area (Å²) in [6.07, 6.45) is 3.21. The summed E-state index contributed by atoms with van der Waals surface area (Å²) in [5.41, 5.74) is 1.46. The number of fused-ring (bicyclic) bond motifs is 4. The Hall–Kier alpha value is -3.93. The second-order valence-corrected chi connectivity index (χ2v) is 8.44. The zero-order valence-electron chi connectivity index (χ0n) is 17.8. The molecule has 6 rings (SSSR count). The van der Waals surface area contributed by atoms with Crippen molar-refractivity contribution in [3.8, 4) is 11.5 Å². The summed E-state index contributed by atoms with van der Waals surface area (Å²) in [5, 5.41) is 13.6. The first-order valence-electron chi connectivity index (χ1n) is 10.3. The van der Waals surface area contributed by atoms with Gasteiger partial charge in [0, 0.05) is 18.1 Å². The van der Waals surface area contributed by atoms with E-state index in [0.717, 1.165) is 17.1 Å². The second kappa shape index (κ2) is 7.59. The van der Waals surface area contributed by atoms with Crippen LogP contribution in [0.2, 0.25) is 0 Å². The van der Waals surface area contributed by atoms with Crippen molar-refractivity contribution in [1.29, 1.82) is 0 Å². The highest BCUT2D eigenvalue weighted by Gasteiger charge is 2.16. The minimum absolute atomic E-state index is 0.242. The minimum atomic E-state index is -0.242. The van der Waals surface area contributed by atoms with Crippen LogP contribution in [0.15, 0.2) is 46.6 Å². The number of benzene rings is 1. The van der Waals surface area contributed by atoms with Crippen LogP contribution in [-0.4, -0.2) is 52.3 Å². The lowest BCUT2D eigenvalue weighted by molar-refractivity contribution is 0.171. The minimum Gasteiger partial charge on any atom is -0.486 e. The topological polar surface area (TPSA) is 114 Å². The number of ether oxygens (including phenoxy) is 2. The van der Waals surface area contributed by atoms with E-state index in [0.29, 0.717) is 52.5 Å². The molecule has 0 spiro atoms. The van der Waals surface area contributed by atoms with Crippen LogP contribution in [0.4, 0.5) is 0 Å². The molecule has 5 heterocycles.